The van der Waals surface area contributed by atoms with Gasteiger partial charge in [-0.15, -0.1) is 0 Å². The Labute approximate surface area is 132 Å². The van der Waals surface area contributed by atoms with Crippen LogP contribution in [0.2, 0.25) is 5.02 Å². The van der Waals surface area contributed by atoms with Gasteiger partial charge in [0.15, 0.2) is 5.82 Å². The van der Waals surface area contributed by atoms with Gasteiger partial charge in [0.2, 0.25) is 4.80 Å². The highest BCUT2D eigenvalue weighted by atomic mass is 35.5. The lowest BCUT2D eigenvalue weighted by Crippen LogP contribution is -1.96. The van der Waals surface area contributed by atoms with Crippen molar-refractivity contribution in [3.8, 4) is 11.4 Å². The maximum atomic E-state index is 5.92. The normalized spacial score (nSPS) is 11.9. The summed E-state index contributed by atoms with van der Waals surface area (Å²) in [5.41, 5.74) is 3.14. The summed E-state index contributed by atoms with van der Waals surface area (Å²) in [6, 6.07) is 15.8. The molecule has 1 heterocycles. The molecule has 1 aromatic heterocycles. The Morgan fingerprint density at radius 3 is 2.62 bits per heavy atom. The van der Waals surface area contributed by atoms with Crippen molar-refractivity contribution in [2.75, 3.05) is 0 Å². The molecule has 0 saturated heterocycles. The highest BCUT2D eigenvalue weighted by Crippen LogP contribution is 2.20. The van der Waals surface area contributed by atoms with E-state index in [4.69, 9.17) is 11.6 Å². The summed E-state index contributed by atoms with van der Waals surface area (Å²) in [5.74, 6) is 0.892. The first-order valence-corrected chi connectivity index (χ1v) is 7.69. The molecule has 3 nitrogen and oxygen atoms in total. The number of aromatic nitrogens is 2. The van der Waals surface area contributed by atoms with Gasteiger partial charge in [-0.3, -0.25) is 3.96 Å². The van der Waals surface area contributed by atoms with Crippen LogP contribution in [0.5, 0.6) is 0 Å². The number of benzene rings is 2. The summed E-state index contributed by atoms with van der Waals surface area (Å²) < 4.78 is 2.01. The van der Waals surface area contributed by atoms with E-state index in [0.717, 1.165) is 26.9 Å². The molecule has 0 N–H and O–H groups in total. The first-order chi connectivity index (χ1) is 10.1. The van der Waals surface area contributed by atoms with Crippen molar-refractivity contribution < 1.29 is 0 Å². The number of hydrogen-bond donors (Lipinski definition) is 0. The van der Waals surface area contributed by atoms with Gasteiger partial charge in [-0.1, -0.05) is 23.7 Å². The van der Waals surface area contributed by atoms with E-state index in [1.807, 2.05) is 53.5 Å². The summed E-state index contributed by atoms with van der Waals surface area (Å²) in [5, 5.41) is 0.723. The second kappa shape index (κ2) is 5.84. The minimum Gasteiger partial charge on any atom is -0.281 e. The fraction of sp³-hybridized carbons (Fsp3) is 0.125. The van der Waals surface area contributed by atoms with Crippen LogP contribution in [-0.4, -0.2) is 8.94 Å². The fourth-order valence-electron chi connectivity index (χ4n) is 2.05. The summed E-state index contributed by atoms with van der Waals surface area (Å²) in [7, 11) is 1.98. The average Bonchev–Trinajstić information content (AvgIpc) is 2.80. The van der Waals surface area contributed by atoms with Crippen molar-refractivity contribution in [1.82, 2.24) is 8.94 Å². The van der Waals surface area contributed by atoms with Crippen LogP contribution in [0.4, 0.5) is 5.69 Å². The van der Waals surface area contributed by atoms with E-state index in [9.17, 15) is 0 Å². The van der Waals surface area contributed by atoms with Gasteiger partial charge in [0, 0.05) is 17.6 Å². The van der Waals surface area contributed by atoms with Crippen LogP contribution in [0, 0.1) is 6.92 Å². The number of nitrogens with zero attached hydrogens (tertiary/aromatic N) is 3. The molecule has 0 fully saturated rings. The predicted molar refractivity (Wildman–Crippen MR) is 87.9 cm³/mol. The highest BCUT2D eigenvalue weighted by molar-refractivity contribution is 7.03. The first kappa shape index (κ1) is 14.0. The Morgan fingerprint density at radius 2 is 1.90 bits per heavy atom. The van der Waals surface area contributed by atoms with Gasteiger partial charge in [-0.2, -0.15) is 4.98 Å². The molecule has 0 aliphatic rings. The minimum absolute atomic E-state index is 0.723. The van der Waals surface area contributed by atoms with Crippen molar-refractivity contribution >= 4 is 28.8 Å². The fourth-order valence-corrected chi connectivity index (χ4v) is 2.92. The molecule has 0 spiro atoms. The van der Waals surface area contributed by atoms with Crippen LogP contribution < -0.4 is 4.80 Å². The topological polar surface area (TPSA) is 30.2 Å². The molecule has 3 aromatic rings. The molecule has 0 amide bonds. The number of aryl methyl sites for hydroxylation is 2. The third-order valence-corrected chi connectivity index (χ3v) is 4.09. The number of halogens is 1. The molecule has 3 rings (SSSR count). The first-order valence-electron chi connectivity index (χ1n) is 6.53. The Bertz CT molecular complexity index is 831. The summed E-state index contributed by atoms with van der Waals surface area (Å²) in [4.78, 5) is 9.94. The van der Waals surface area contributed by atoms with Crippen LogP contribution in [0.15, 0.2) is 53.5 Å². The summed E-state index contributed by atoms with van der Waals surface area (Å²) in [6.45, 7) is 2.06. The maximum absolute atomic E-state index is 5.92. The zero-order valence-corrected chi connectivity index (χ0v) is 13.3. The quantitative estimate of drug-likeness (QED) is 0.691. The molecular weight excluding hydrogens is 302 g/mol. The number of hydrogen-bond acceptors (Lipinski definition) is 3. The molecule has 0 bridgehead atoms. The molecule has 0 aliphatic heterocycles. The molecule has 0 unspecified atom stereocenters. The van der Waals surface area contributed by atoms with Crippen LogP contribution in [0.25, 0.3) is 11.4 Å². The summed E-state index contributed by atoms with van der Waals surface area (Å²) in [6.07, 6.45) is 0. The Balaban J connectivity index is 2.03. The standard InChI is InChI=1S/C16H14ClN3S/c1-11-4-3-5-14(10-11)18-16-19-15(20(2)21-16)12-6-8-13(17)9-7-12/h3-10H,1-2H3. The van der Waals surface area contributed by atoms with E-state index < -0.39 is 0 Å². The molecular formula is C16H14ClN3S. The molecule has 0 aliphatic carbocycles. The van der Waals surface area contributed by atoms with Gasteiger partial charge in [-0.25, -0.2) is 4.99 Å². The Hall–Kier alpha value is -1.91. The average molecular weight is 316 g/mol. The van der Waals surface area contributed by atoms with Crippen LogP contribution in [0.3, 0.4) is 0 Å². The van der Waals surface area contributed by atoms with Crippen molar-refractivity contribution in [2.45, 2.75) is 6.92 Å². The zero-order chi connectivity index (χ0) is 14.8. The van der Waals surface area contributed by atoms with Crippen molar-refractivity contribution in [1.29, 1.82) is 0 Å². The van der Waals surface area contributed by atoms with Crippen LogP contribution in [-0.2, 0) is 7.05 Å². The molecule has 2 aromatic carbocycles. The van der Waals surface area contributed by atoms with E-state index in [1.165, 1.54) is 17.1 Å². The molecule has 5 heteroatoms. The SMILES string of the molecule is Cc1cccc(N=c2nc(-c3ccc(Cl)cc3)n(C)s2)c1. The van der Waals surface area contributed by atoms with Gasteiger partial charge in [0.1, 0.15) is 0 Å². The highest BCUT2D eigenvalue weighted by Gasteiger charge is 2.06. The monoisotopic (exact) mass is 315 g/mol. The third kappa shape index (κ3) is 3.23. The Morgan fingerprint density at radius 1 is 1.14 bits per heavy atom. The van der Waals surface area contributed by atoms with Gasteiger partial charge in [0.25, 0.3) is 0 Å². The maximum Gasteiger partial charge on any atom is 0.227 e. The summed E-state index contributed by atoms with van der Waals surface area (Å²) >= 11 is 7.44. The molecule has 106 valence electrons. The van der Waals surface area contributed by atoms with E-state index in [-0.39, 0.29) is 0 Å². The van der Waals surface area contributed by atoms with Gasteiger partial charge >= 0.3 is 0 Å². The smallest absolute Gasteiger partial charge is 0.227 e. The van der Waals surface area contributed by atoms with Crippen molar-refractivity contribution in [2.24, 2.45) is 12.0 Å². The van der Waals surface area contributed by atoms with E-state index in [1.54, 1.807) is 0 Å². The van der Waals surface area contributed by atoms with E-state index in [0.29, 0.717) is 0 Å². The van der Waals surface area contributed by atoms with E-state index >= 15 is 0 Å². The lowest BCUT2D eigenvalue weighted by Gasteiger charge is -1.99. The van der Waals surface area contributed by atoms with Crippen LogP contribution in [0.1, 0.15) is 5.56 Å². The second-order valence-electron chi connectivity index (χ2n) is 4.76. The largest absolute Gasteiger partial charge is 0.281 e. The van der Waals surface area contributed by atoms with E-state index in [2.05, 4.69) is 23.0 Å². The zero-order valence-electron chi connectivity index (χ0n) is 11.7. The second-order valence-corrected chi connectivity index (χ2v) is 6.30. The molecule has 0 radical (unpaired) electrons. The van der Waals surface area contributed by atoms with Crippen molar-refractivity contribution in [3.63, 3.8) is 0 Å². The molecule has 0 saturated carbocycles. The number of rotatable bonds is 2. The lowest BCUT2D eigenvalue weighted by molar-refractivity contribution is 1.00. The Kier molecular flexibility index (Phi) is 3.90. The van der Waals surface area contributed by atoms with Crippen molar-refractivity contribution in [3.05, 3.63) is 63.9 Å². The van der Waals surface area contributed by atoms with Gasteiger partial charge in [-0.05, 0) is 60.4 Å². The van der Waals surface area contributed by atoms with Gasteiger partial charge < -0.3 is 0 Å². The van der Waals surface area contributed by atoms with Crippen LogP contribution >= 0.6 is 23.1 Å². The minimum atomic E-state index is 0.723. The van der Waals surface area contributed by atoms with Gasteiger partial charge in [0.05, 0.1) is 5.69 Å². The molecule has 21 heavy (non-hydrogen) atoms. The molecule has 0 atom stereocenters. The third-order valence-electron chi connectivity index (χ3n) is 3.05. The predicted octanol–water partition coefficient (Wildman–Crippen LogP) is 4.34. The lowest BCUT2D eigenvalue weighted by atomic mass is 10.2.